The molecule has 1 aliphatic rings. The molecule has 2 aromatic heterocycles. The van der Waals surface area contributed by atoms with Crippen LogP contribution < -0.4 is 10.6 Å². The van der Waals surface area contributed by atoms with E-state index in [-0.39, 0.29) is 11.9 Å². The molecule has 0 spiro atoms. The molecular formula is C18H18ClFN6. The fourth-order valence-corrected chi connectivity index (χ4v) is 3.12. The van der Waals surface area contributed by atoms with Gasteiger partial charge in [0, 0.05) is 28.8 Å². The van der Waals surface area contributed by atoms with Crippen LogP contribution in [0, 0.1) is 5.82 Å². The van der Waals surface area contributed by atoms with E-state index >= 15 is 0 Å². The van der Waals surface area contributed by atoms with Crippen molar-refractivity contribution in [2.45, 2.75) is 31.7 Å². The number of nitrogens with zero attached hydrogens (tertiary/aromatic N) is 3. The minimum atomic E-state index is -0.357. The maximum atomic E-state index is 13.2. The van der Waals surface area contributed by atoms with E-state index < -0.39 is 0 Å². The number of halogens is 2. The Hall–Kier alpha value is -2.67. The van der Waals surface area contributed by atoms with Crippen LogP contribution in [0.15, 0.2) is 36.7 Å². The molecule has 134 valence electrons. The van der Waals surface area contributed by atoms with Crippen LogP contribution in [0.2, 0.25) is 5.02 Å². The van der Waals surface area contributed by atoms with Gasteiger partial charge in [-0.15, -0.1) is 0 Å². The van der Waals surface area contributed by atoms with Gasteiger partial charge in [-0.3, -0.25) is 5.10 Å². The van der Waals surface area contributed by atoms with Crippen molar-refractivity contribution in [1.82, 2.24) is 20.2 Å². The molecule has 0 unspecified atom stereocenters. The highest BCUT2D eigenvalue weighted by molar-refractivity contribution is 6.31. The molecule has 1 fully saturated rings. The van der Waals surface area contributed by atoms with Gasteiger partial charge >= 0.3 is 0 Å². The number of rotatable bonds is 6. The molecule has 3 aromatic rings. The standard InChI is InChI=1S/C18H18ClFN6/c1-10(13-5-4-12(20)6-14(13)19)23-16-8-17(22-9-21-16)24-18-7-15(25-26-18)11-2-3-11/h4-11H,2-3H2,1H3,(H3,21,22,23,24,25,26)/t10-/m1/s1. The van der Waals surface area contributed by atoms with Crippen molar-refractivity contribution in [3.05, 3.63) is 58.8 Å². The quantitative estimate of drug-likeness (QED) is 0.580. The predicted molar refractivity (Wildman–Crippen MR) is 99.3 cm³/mol. The van der Waals surface area contributed by atoms with Gasteiger partial charge in [0.05, 0.1) is 6.04 Å². The largest absolute Gasteiger partial charge is 0.363 e. The summed E-state index contributed by atoms with van der Waals surface area (Å²) in [7, 11) is 0. The first-order chi connectivity index (χ1) is 12.6. The maximum Gasteiger partial charge on any atom is 0.153 e. The van der Waals surface area contributed by atoms with Crippen molar-refractivity contribution < 1.29 is 4.39 Å². The second kappa shape index (κ2) is 6.92. The number of hydrogen-bond acceptors (Lipinski definition) is 5. The molecule has 0 bridgehead atoms. The first-order valence-electron chi connectivity index (χ1n) is 8.44. The van der Waals surface area contributed by atoms with Crippen LogP contribution in [0.25, 0.3) is 0 Å². The Morgan fingerprint density at radius 1 is 1.15 bits per heavy atom. The summed E-state index contributed by atoms with van der Waals surface area (Å²) in [5.74, 6) is 2.25. The fourth-order valence-electron chi connectivity index (χ4n) is 2.79. The van der Waals surface area contributed by atoms with E-state index in [1.54, 1.807) is 12.1 Å². The van der Waals surface area contributed by atoms with Crippen molar-refractivity contribution in [1.29, 1.82) is 0 Å². The summed E-state index contributed by atoms with van der Waals surface area (Å²) >= 11 is 6.13. The molecule has 0 radical (unpaired) electrons. The van der Waals surface area contributed by atoms with Crippen LogP contribution in [-0.4, -0.2) is 20.2 Å². The van der Waals surface area contributed by atoms with Crippen molar-refractivity contribution >= 4 is 29.1 Å². The second-order valence-corrected chi connectivity index (χ2v) is 6.84. The number of benzene rings is 1. The first kappa shape index (κ1) is 16.8. The zero-order chi connectivity index (χ0) is 18.1. The molecule has 3 N–H and O–H groups in total. The highest BCUT2D eigenvalue weighted by atomic mass is 35.5. The summed E-state index contributed by atoms with van der Waals surface area (Å²) < 4.78 is 13.2. The van der Waals surface area contributed by atoms with Gasteiger partial charge in [-0.05, 0) is 37.5 Å². The Morgan fingerprint density at radius 3 is 2.73 bits per heavy atom. The molecule has 1 aromatic carbocycles. The molecule has 2 heterocycles. The highest BCUT2D eigenvalue weighted by Gasteiger charge is 2.25. The minimum absolute atomic E-state index is 0.141. The summed E-state index contributed by atoms with van der Waals surface area (Å²) in [4.78, 5) is 8.45. The fraction of sp³-hybridized carbons (Fsp3) is 0.278. The molecule has 0 saturated heterocycles. The molecule has 0 amide bonds. The molecule has 6 nitrogen and oxygen atoms in total. The van der Waals surface area contributed by atoms with Crippen LogP contribution in [0.1, 0.15) is 43.0 Å². The van der Waals surface area contributed by atoms with Crippen LogP contribution in [0.5, 0.6) is 0 Å². The van der Waals surface area contributed by atoms with Gasteiger partial charge < -0.3 is 10.6 Å². The highest BCUT2D eigenvalue weighted by Crippen LogP contribution is 2.39. The Balaban J connectivity index is 1.46. The van der Waals surface area contributed by atoms with Crippen molar-refractivity contribution in [2.75, 3.05) is 10.6 Å². The third-order valence-electron chi connectivity index (χ3n) is 4.33. The monoisotopic (exact) mass is 372 g/mol. The molecule has 0 aliphatic heterocycles. The van der Waals surface area contributed by atoms with E-state index in [1.807, 2.05) is 13.0 Å². The molecule has 4 rings (SSSR count). The number of hydrogen-bond donors (Lipinski definition) is 3. The van der Waals surface area contributed by atoms with Crippen LogP contribution >= 0.6 is 11.6 Å². The second-order valence-electron chi connectivity index (χ2n) is 6.43. The van der Waals surface area contributed by atoms with Gasteiger partial charge in [0.2, 0.25) is 0 Å². The molecule has 26 heavy (non-hydrogen) atoms. The zero-order valence-corrected chi connectivity index (χ0v) is 14.9. The summed E-state index contributed by atoms with van der Waals surface area (Å²) in [5.41, 5.74) is 1.95. The third-order valence-corrected chi connectivity index (χ3v) is 4.66. The lowest BCUT2D eigenvalue weighted by atomic mass is 10.1. The van der Waals surface area contributed by atoms with Gasteiger partial charge in [-0.25, -0.2) is 14.4 Å². The van der Waals surface area contributed by atoms with E-state index in [4.69, 9.17) is 11.6 Å². The average Bonchev–Trinajstić information content (AvgIpc) is 3.35. The van der Waals surface area contributed by atoms with E-state index in [0.29, 0.717) is 22.6 Å². The van der Waals surface area contributed by atoms with Gasteiger partial charge in [0.1, 0.15) is 23.8 Å². The maximum absolute atomic E-state index is 13.2. The summed E-state index contributed by atoms with van der Waals surface area (Å²) in [6, 6.07) is 8.02. The summed E-state index contributed by atoms with van der Waals surface area (Å²) in [6.07, 6.45) is 3.90. The van der Waals surface area contributed by atoms with E-state index in [9.17, 15) is 4.39 Å². The number of anilines is 3. The number of aromatic nitrogens is 4. The topological polar surface area (TPSA) is 78.5 Å². The Morgan fingerprint density at radius 2 is 1.96 bits per heavy atom. The molecular weight excluding hydrogens is 355 g/mol. The van der Waals surface area contributed by atoms with Gasteiger partial charge in [0.25, 0.3) is 0 Å². The molecule has 1 saturated carbocycles. The van der Waals surface area contributed by atoms with Crippen LogP contribution in [-0.2, 0) is 0 Å². The van der Waals surface area contributed by atoms with Crippen molar-refractivity contribution in [2.24, 2.45) is 0 Å². The van der Waals surface area contributed by atoms with Crippen molar-refractivity contribution in [3.8, 4) is 0 Å². The Kier molecular flexibility index (Phi) is 4.46. The average molecular weight is 373 g/mol. The van der Waals surface area contributed by atoms with E-state index in [0.717, 1.165) is 17.1 Å². The predicted octanol–water partition coefficient (Wildman–Crippen LogP) is 4.79. The van der Waals surface area contributed by atoms with Gasteiger partial charge in [-0.1, -0.05) is 17.7 Å². The third kappa shape index (κ3) is 3.77. The van der Waals surface area contributed by atoms with Gasteiger partial charge in [0.15, 0.2) is 5.82 Å². The minimum Gasteiger partial charge on any atom is -0.363 e. The zero-order valence-electron chi connectivity index (χ0n) is 14.1. The summed E-state index contributed by atoms with van der Waals surface area (Å²) in [6.45, 7) is 1.93. The van der Waals surface area contributed by atoms with Crippen LogP contribution in [0.3, 0.4) is 0 Å². The van der Waals surface area contributed by atoms with Gasteiger partial charge in [-0.2, -0.15) is 5.10 Å². The molecule has 1 aliphatic carbocycles. The lowest BCUT2D eigenvalue weighted by Crippen LogP contribution is -2.09. The number of nitrogens with one attached hydrogen (secondary N) is 3. The lowest BCUT2D eigenvalue weighted by molar-refractivity contribution is 0.626. The Bertz CT molecular complexity index is 924. The smallest absolute Gasteiger partial charge is 0.153 e. The lowest BCUT2D eigenvalue weighted by Gasteiger charge is -2.16. The van der Waals surface area contributed by atoms with E-state index in [1.165, 1.54) is 31.3 Å². The Labute approximate surface area is 155 Å². The number of aromatic amines is 1. The van der Waals surface area contributed by atoms with E-state index in [2.05, 4.69) is 30.8 Å². The van der Waals surface area contributed by atoms with Crippen LogP contribution in [0.4, 0.5) is 21.8 Å². The number of H-pyrrole nitrogens is 1. The normalized spacial score (nSPS) is 14.9. The molecule has 8 heteroatoms. The first-order valence-corrected chi connectivity index (χ1v) is 8.82. The SMILES string of the molecule is C[C@@H](Nc1cc(Nc2cc(C3CC3)[nH]n2)ncn1)c1ccc(F)cc1Cl. The summed E-state index contributed by atoms with van der Waals surface area (Å²) in [5, 5.41) is 14.1. The molecule has 1 atom stereocenters. The van der Waals surface area contributed by atoms with Crippen molar-refractivity contribution in [3.63, 3.8) is 0 Å².